The maximum Gasteiger partial charge on any atom is 0.227 e. The SMILES string of the molecule is CCCN1CCC(NC(=O)CCC2Cc3ccccc3NC2=O)CC1. The first-order chi connectivity index (χ1) is 12.2. The van der Waals surface area contributed by atoms with Crippen molar-refractivity contribution in [1.82, 2.24) is 10.2 Å². The third-order valence-corrected chi connectivity index (χ3v) is 5.32. The zero-order chi connectivity index (χ0) is 17.6. The predicted octanol–water partition coefficient (Wildman–Crippen LogP) is 2.57. The summed E-state index contributed by atoms with van der Waals surface area (Å²) < 4.78 is 0. The van der Waals surface area contributed by atoms with Crippen LogP contribution in [0.1, 0.15) is 44.6 Å². The highest BCUT2D eigenvalue weighted by molar-refractivity contribution is 5.96. The Morgan fingerprint density at radius 3 is 2.80 bits per heavy atom. The highest BCUT2D eigenvalue weighted by Crippen LogP contribution is 2.27. The van der Waals surface area contributed by atoms with Crippen LogP contribution in [-0.2, 0) is 16.0 Å². The Kier molecular flexibility index (Phi) is 6.08. The predicted molar refractivity (Wildman–Crippen MR) is 99.4 cm³/mol. The molecule has 0 saturated carbocycles. The summed E-state index contributed by atoms with van der Waals surface area (Å²) in [6, 6.07) is 8.19. The highest BCUT2D eigenvalue weighted by Gasteiger charge is 2.27. The minimum atomic E-state index is -0.105. The fourth-order valence-corrected chi connectivity index (χ4v) is 3.87. The molecule has 1 saturated heterocycles. The molecule has 25 heavy (non-hydrogen) atoms. The highest BCUT2D eigenvalue weighted by atomic mass is 16.2. The maximum atomic E-state index is 12.3. The van der Waals surface area contributed by atoms with Gasteiger partial charge in [0, 0.05) is 37.2 Å². The van der Waals surface area contributed by atoms with Crippen molar-refractivity contribution in [1.29, 1.82) is 0 Å². The molecule has 0 spiro atoms. The van der Waals surface area contributed by atoms with Crippen LogP contribution in [0.3, 0.4) is 0 Å². The molecule has 3 rings (SSSR count). The average molecular weight is 343 g/mol. The van der Waals surface area contributed by atoms with E-state index in [-0.39, 0.29) is 17.7 Å². The molecule has 2 aliphatic heterocycles. The lowest BCUT2D eigenvalue weighted by atomic mass is 9.89. The fraction of sp³-hybridized carbons (Fsp3) is 0.600. The van der Waals surface area contributed by atoms with Crippen molar-refractivity contribution in [2.75, 3.05) is 25.0 Å². The molecule has 2 amide bonds. The molecule has 0 bridgehead atoms. The van der Waals surface area contributed by atoms with Crippen molar-refractivity contribution < 1.29 is 9.59 Å². The number of nitrogens with zero attached hydrogens (tertiary/aromatic N) is 1. The molecule has 1 unspecified atom stereocenters. The Morgan fingerprint density at radius 2 is 2.04 bits per heavy atom. The number of benzene rings is 1. The van der Waals surface area contributed by atoms with E-state index in [1.54, 1.807) is 0 Å². The molecule has 0 aromatic heterocycles. The number of carbonyl (C=O) groups is 2. The van der Waals surface area contributed by atoms with Crippen LogP contribution in [0.4, 0.5) is 5.69 Å². The summed E-state index contributed by atoms with van der Waals surface area (Å²) in [4.78, 5) is 26.9. The Hall–Kier alpha value is -1.88. The van der Waals surface area contributed by atoms with Gasteiger partial charge in [0.2, 0.25) is 11.8 Å². The lowest BCUT2D eigenvalue weighted by Gasteiger charge is -2.32. The molecule has 136 valence electrons. The second-order valence-electron chi connectivity index (χ2n) is 7.27. The summed E-state index contributed by atoms with van der Waals surface area (Å²) in [5.41, 5.74) is 2.07. The molecule has 5 nitrogen and oxygen atoms in total. The van der Waals surface area contributed by atoms with Crippen LogP contribution in [0, 0.1) is 5.92 Å². The van der Waals surface area contributed by atoms with Gasteiger partial charge in [-0.25, -0.2) is 0 Å². The van der Waals surface area contributed by atoms with Gasteiger partial charge < -0.3 is 15.5 Å². The monoisotopic (exact) mass is 343 g/mol. The van der Waals surface area contributed by atoms with Gasteiger partial charge in [0.05, 0.1) is 0 Å². The molecule has 2 aliphatic rings. The number of fused-ring (bicyclic) bond motifs is 1. The van der Waals surface area contributed by atoms with Crippen molar-refractivity contribution in [3.05, 3.63) is 29.8 Å². The van der Waals surface area contributed by atoms with Crippen molar-refractivity contribution >= 4 is 17.5 Å². The quantitative estimate of drug-likeness (QED) is 0.834. The van der Waals surface area contributed by atoms with Gasteiger partial charge in [-0.2, -0.15) is 0 Å². The number of carbonyl (C=O) groups excluding carboxylic acids is 2. The van der Waals surface area contributed by atoms with Crippen LogP contribution in [0.25, 0.3) is 0 Å². The van der Waals surface area contributed by atoms with Gasteiger partial charge >= 0.3 is 0 Å². The van der Waals surface area contributed by atoms with Crippen LogP contribution in [0.5, 0.6) is 0 Å². The number of anilines is 1. The number of piperidine rings is 1. The van der Waals surface area contributed by atoms with E-state index >= 15 is 0 Å². The Bertz CT molecular complexity index is 609. The molecule has 0 aliphatic carbocycles. The number of hydrogen-bond acceptors (Lipinski definition) is 3. The standard InChI is InChI=1S/C20H29N3O2/c1-2-11-23-12-9-17(10-13-23)21-19(24)8-7-16-14-15-5-3-4-6-18(15)22-20(16)25/h3-6,16-17H,2,7-14H2,1H3,(H,21,24)(H,22,25). The number of para-hydroxylation sites is 1. The summed E-state index contributed by atoms with van der Waals surface area (Å²) in [5.74, 6) is 0.0204. The minimum Gasteiger partial charge on any atom is -0.353 e. The smallest absolute Gasteiger partial charge is 0.227 e. The lowest BCUT2D eigenvalue weighted by Crippen LogP contribution is -2.45. The summed E-state index contributed by atoms with van der Waals surface area (Å²) >= 11 is 0. The fourth-order valence-electron chi connectivity index (χ4n) is 3.87. The van der Waals surface area contributed by atoms with E-state index in [4.69, 9.17) is 0 Å². The minimum absolute atomic E-state index is 0.0411. The molecule has 2 N–H and O–H groups in total. The zero-order valence-corrected chi connectivity index (χ0v) is 15.1. The summed E-state index contributed by atoms with van der Waals surface area (Å²) in [5, 5.41) is 6.11. The molecular weight excluding hydrogens is 314 g/mol. The Morgan fingerprint density at radius 1 is 1.28 bits per heavy atom. The van der Waals surface area contributed by atoms with Crippen LogP contribution < -0.4 is 10.6 Å². The third kappa shape index (κ3) is 4.82. The first-order valence-electron chi connectivity index (χ1n) is 9.56. The van der Waals surface area contributed by atoms with E-state index in [0.717, 1.165) is 50.1 Å². The first kappa shape index (κ1) is 17.9. The van der Waals surface area contributed by atoms with Crippen molar-refractivity contribution in [2.24, 2.45) is 5.92 Å². The Balaban J connectivity index is 1.42. The van der Waals surface area contributed by atoms with Crippen molar-refractivity contribution in [2.45, 2.75) is 51.5 Å². The van der Waals surface area contributed by atoms with Crippen LogP contribution in [0.2, 0.25) is 0 Å². The summed E-state index contributed by atoms with van der Waals surface area (Å²) in [6.07, 6.45) is 5.01. The van der Waals surface area contributed by atoms with Gasteiger partial charge in [-0.05, 0) is 50.3 Å². The third-order valence-electron chi connectivity index (χ3n) is 5.32. The molecule has 5 heteroatoms. The van der Waals surface area contributed by atoms with E-state index in [1.165, 1.54) is 6.42 Å². The van der Waals surface area contributed by atoms with E-state index in [9.17, 15) is 9.59 Å². The van der Waals surface area contributed by atoms with E-state index in [0.29, 0.717) is 18.9 Å². The van der Waals surface area contributed by atoms with Crippen LogP contribution >= 0.6 is 0 Å². The molecule has 0 radical (unpaired) electrons. The topological polar surface area (TPSA) is 61.4 Å². The van der Waals surface area contributed by atoms with Crippen LogP contribution in [0.15, 0.2) is 24.3 Å². The molecule has 1 atom stereocenters. The maximum absolute atomic E-state index is 12.3. The van der Waals surface area contributed by atoms with Gasteiger partial charge in [-0.3, -0.25) is 9.59 Å². The first-order valence-corrected chi connectivity index (χ1v) is 9.56. The zero-order valence-electron chi connectivity index (χ0n) is 15.1. The normalized spacial score (nSPS) is 21.5. The second-order valence-corrected chi connectivity index (χ2v) is 7.27. The summed E-state index contributed by atoms with van der Waals surface area (Å²) in [6.45, 7) is 5.49. The Labute approximate surface area is 150 Å². The van der Waals surface area contributed by atoms with E-state index < -0.39 is 0 Å². The molecule has 1 fully saturated rings. The van der Waals surface area contributed by atoms with Gasteiger partial charge in [0.15, 0.2) is 0 Å². The second kappa shape index (κ2) is 8.48. The van der Waals surface area contributed by atoms with E-state index in [2.05, 4.69) is 22.5 Å². The molecule has 2 heterocycles. The van der Waals surface area contributed by atoms with E-state index in [1.807, 2.05) is 24.3 Å². The molecule has 1 aromatic carbocycles. The number of nitrogens with one attached hydrogen (secondary N) is 2. The number of likely N-dealkylation sites (tertiary alicyclic amines) is 1. The number of amides is 2. The van der Waals surface area contributed by atoms with Crippen LogP contribution in [-0.4, -0.2) is 42.4 Å². The van der Waals surface area contributed by atoms with Gasteiger partial charge in [0.1, 0.15) is 0 Å². The average Bonchev–Trinajstić information content (AvgIpc) is 2.62. The molecular formula is C20H29N3O2. The summed E-state index contributed by atoms with van der Waals surface area (Å²) in [7, 11) is 0. The van der Waals surface area contributed by atoms with Gasteiger partial charge in [-0.1, -0.05) is 25.1 Å². The van der Waals surface area contributed by atoms with Gasteiger partial charge in [0.25, 0.3) is 0 Å². The van der Waals surface area contributed by atoms with Crippen molar-refractivity contribution in [3.63, 3.8) is 0 Å². The largest absolute Gasteiger partial charge is 0.353 e. The number of hydrogen-bond donors (Lipinski definition) is 2. The lowest BCUT2D eigenvalue weighted by molar-refractivity contribution is -0.123. The van der Waals surface area contributed by atoms with Crippen molar-refractivity contribution in [3.8, 4) is 0 Å². The van der Waals surface area contributed by atoms with Gasteiger partial charge in [-0.15, -0.1) is 0 Å². The molecule has 1 aromatic rings. The number of rotatable bonds is 6.